The first-order chi connectivity index (χ1) is 17.6. The van der Waals surface area contributed by atoms with Gasteiger partial charge in [-0.05, 0) is 35.6 Å². The molecule has 0 spiro atoms. The molecular formula is C31H32N2O3. The molecule has 1 aliphatic carbocycles. The minimum absolute atomic E-state index is 0.0968. The van der Waals surface area contributed by atoms with Gasteiger partial charge in [-0.25, -0.2) is 0 Å². The lowest BCUT2D eigenvalue weighted by Crippen LogP contribution is -2.70. The summed E-state index contributed by atoms with van der Waals surface area (Å²) in [5.41, 5.74) is 2.45. The molecule has 5 nitrogen and oxygen atoms in total. The average Bonchev–Trinajstić information content (AvgIpc) is 2.92. The van der Waals surface area contributed by atoms with Crippen molar-refractivity contribution in [2.24, 2.45) is 11.8 Å². The Hall–Kier alpha value is -3.60. The van der Waals surface area contributed by atoms with Crippen LogP contribution in [0.1, 0.15) is 48.3 Å². The van der Waals surface area contributed by atoms with E-state index in [4.69, 9.17) is 4.74 Å². The van der Waals surface area contributed by atoms with E-state index in [1.54, 1.807) is 4.90 Å². The Bertz CT molecular complexity index is 1220. The second-order valence-electron chi connectivity index (χ2n) is 10.4. The highest BCUT2D eigenvalue weighted by molar-refractivity contribution is 6.02. The number of likely N-dealkylation sites (tertiary alicyclic amines) is 1. The monoisotopic (exact) mass is 480 g/mol. The van der Waals surface area contributed by atoms with Gasteiger partial charge < -0.3 is 14.5 Å². The van der Waals surface area contributed by atoms with E-state index in [0.29, 0.717) is 13.1 Å². The van der Waals surface area contributed by atoms with Crippen molar-refractivity contribution in [2.75, 3.05) is 7.05 Å². The van der Waals surface area contributed by atoms with E-state index in [1.165, 1.54) is 0 Å². The van der Waals surface area contributed by atoms with Crippen LogP contribution in [0.15, 0.2) is 84.9 Å². The third-order valence-corrected chi connectivity index (χ3v) is 8.41. The molecule has 5 heteroatoms. The normalized spacial score (nSPS) is 26.4. The van der Waals surface area contributed by atoms with Crippen LogP contribution < -0.4 is 4.74 Å². The number of hydrogen-bond donors (Lipinski definition) is 0. The predicted octanol–water partition coefficient (Wildman–Crippen LogP) is 5.37. The standard InChI is InChI=1S/C31H32N2O3/c1-32-29(34)28(27-24-16-8-9-18-26(24)36-31(32)19-11-10-17-25(27)31)30(35)33(20-22-12-4-2-5-13-22)21-23-14-6-3-7-15-23/h2-9,12-16,18,25,27-28H,10-11,17,19-21H2,1H3. The highest BCUT2D eigenvalue weighted by Crippen LogP contribution is 2.58. The first kappa shape index (κ1) is 22.8. The molecule has 0 radical (unpaired) electrons. The number of rotatable bonds is 5. The predicted molar refractivity (Wildman–Crippen MR) is 138 cm³/mol. The fraction of sp³-hybridized carbons (Fsp3) is 0.355. The molecule has 6 rings (SSSR count). The Morgan fingerprint density at radius 1 is 0.917 bits per heavy atom. The molecule has 36 heavy (non-hydrogen) atoms. The van der Waals surface area contributed by atoms with Crippen molar-refractivity contribution in [3.8, 4) is 5.75 Å². The maximum atomic E-state index is 14.5. The molecule has 2 bridgehead atoms. The Balaban J connectivity index is 1.43. The van der Waals surface area contributed by atoms with E-state index in [2.05, 4.69) is 6.07 Å². The van der Waals surface area contributed by atoms with Crippen LogP contribution in [0.25, 0.3) is 0 Å². The molecule has 3 aromatic carbocycles. The van der Waals surface area contributed by atoms with Crippen LogP contribution in [0.5, 0.6) is 5.75 Å². The van der Waals surface area contributed by atoms with E-state index in [-0.39, 0.29) is 23.7 Å². The molecule has 3 aliphatic rings. The second-order valence-corrected chi connectivity index (χ2v) is 10.4. The number of ether oxygens (including phenoxy) is 1. The van der Waals surface area contributed by atoms with Gasteiger partial charge in [-0.15, -0.1) is 0 Å². The molecule has 184 valence electrons. The molecule has 2 amide bonds. The summed E-state index contributed by atoms with van der Waals surface area (Å²) in [4.78, 5) is 32.2. The van der Waals surface area contributed by atoms with E-state index in [0.717, 1.165) is 48.1 Å². The third-order valence-electron chi connectivity index (χ3n) is 8.41. The first-order valence-corrected chi connectivity index (χ1v) is 13.0. The van der Waals surface area contributed by atoms with Gasteiger partial charge >= 0.3 is 0 Å². The van der Waals surface area contributed by atoms with Crippen molar-refractivity contribution in [1.82, 2.24) is 9.80 Å². The SMILES string of the molecule is CN1C(=O)C(C(=O)N(Cc2ccccc2)Cc2ccccc2)C2c3ccccc3OC13CCCCC23. The molecule has 0 aromatic heterocycles. The summed E-state index contributed by atoms with van der Waals surface area (Å²) < 4.78 is 6.64. The maximum absolute atomic E-state index is 14.5. The van der Waals surface area contributed by atoms with Gasteiger partial charge in [0.2, 0.25) is 11.8 Å². The molecule has 2 aliphatic heterocycles. The molecule has 0 N–H and O–H groups in total. The number of hydrogen-bond acceptors (Lipinski definition) is 3. The van der Waals surface area contributed by atoms with E-state index < -0.39 is 11.6 Å². The Morgan fingerprint density at radius 3 is 2.19 bits per heavy atom. The third kappa shape index (κ3) is 3.69. The van der Waals surface area contributed by atoms with Gasteiger partial charge in [-0.1, -0.05) is 85.3 Å². The van der Waals surface area contributed by atoms with Gasteiger partial charge in [0, 0.05) is 38.4 Å². The summed E-state index contributed by atoms with van der Waals surface area (Å²) >= 11 is 0. The number of amides is 2. The highest BCUT2D eigenvalue weighted by Gasteiger charge is 2.63. The molecular weight excluding hydrogens is 448 g/mol. The van der Waals surface area contributed by atoms with Crippen LogP contribution in [0.2, 0.25) is 0 Å². The number of piperidine rings is 1. The molecule has 4 unspecified atom stereocenters. The number of para-hydroxylation sites is 1. The minimum Gasteiger partial charge on any atom is -0.467 e. The van der Waals surface area contributed by atoms with Gasteiger partial charge in [0.15, 0.2) is 5.72 Å². The number of carbonyl (C=O) groups is 2. The van der Waals surface area contributed by atoms with Gasteiger partial charge in [0.25, 0.3) is 0 Å². The molecule has 4 atom stereocenters. The summed E-state index contributed by atoms with van der Waals surface area (Å²) in [5.74, 6) is -0.239. The van der Waals surface area contributed by atoms with Gasteiger partial charge in [0.1, 0.15) is 11.7 Å². The zero-order valence-corrected chi connectivity index (χ0v) is 20.7. The van der Waals surface area contributed by atoms with Crippen LogP contribution >= 0.6 is 0 Å². The Morgan fingerprint density at radius 2 is 1.53 bits per heavy atom. The molecule has 2 fully saturated rings. The van der Waals surface area contributed by atoms with Gasteiger partial charge in [0.05, 0.1) is 0 Å². The summed E-state index contributed by atoms with van der Waals surface area (Å²) in [6.07, 6.45) is 3.88. The maximum Gasteiger partial charge on any atom is 0.238 e. The van der Waals surface area contributed by atoms with Crippen LogP contribution in [-0.2, 0) is 22.7 Å². The average molecular weight is 481 g/mol. The van der Waals surface area contributed by atoms with E-state index in [9.17, 15) is 9.59 Å². The van der Waals surface area contributed by atoms with Crippen molar-refractivity contribution in [3.63, 3.8) is 0 Å². The molecule has 2 heterocycles. The minimum atomic E-state index is -0.760. The van der Waals surface area contributed by atoms with Crippen molar-refractivity contribution in [3.05, 3.63) is 102 Å². The van der Waals surface area contributed by atoms with Crippen LogP contribution in [0.4, 0.5) is 0 Å². The van der Waals surface area contributed by atoms with Crippen molar-refractivity contribution >= 4 is 11.8 Å². The molecule has 1 saturated carbocycles. The highest BCUT2D eigenvalue weighted by atomic mass is 16.5. The summed E-state index contributed by atoms with van der Waals surface area (Å²) in [5, 5.41) is 0. The first-order valence-electron chi connectivity index (χ1n) is 13.0. The Labute approximate surface area is 212 Å². The molecule has 3 aromatic rings. The zero-order valence-electron chi connectivity index (χ0n) is 20.7. The smallest absolute Gasteiger partial charge is 0.238 e. The number of carbonyl (C=O) groups excluding carboxylic acids is 2. The van der Waals surface area contributed by atoms with Crippen molar-refractivity contribution in [2.45, 2.75) is 50.4 Å². The van der Waals surface area contributed by atoms with Crippen molar-refractivity contribution in [1.29, 1.82) is 0 Å². The number of nitrogens with zero attached hydrogens (tertiary/aromatic N) is 2. The van der Waals surface area contributed by atoms with Crippen molar-refractivity contribution < 1.29 is 14.3 Å². The lowest BCUT2D eigenvalue weighted by Gasteiger charge is -2.60. The summed E-state index contributed by atoms with van der Waals surface area (Å²) in [7, 11) is 1.84. The lowest BCUT2D eigenvalue weighted by atomic mass is 9.61. The quantitative estimate of drug-likeness (QED) is 0.462. The van der Waals surface area contributed by atoms with Gasteiger partial charge in [-0.2, -0.15) is 0 Å². The Kier molecular flexibility index (Phi) is 5.79. The fourth-order valence-corrected chi connectivity index (χ4v) is 6.72. The number of benzene rings is 3. The van der Waals surface area contributed by atoms with E-state index >= 15 is 0 Å². The largest absolute Gasteiger partial charge is 0.467 e. The van der Waals surface area contributed by atoms with Gasteiger partial charge in [-0.3, -0.25) is 9.59 Å². The lowest BCUT2D eigenvalue weighted by molar-refractivity contribution is -0.203. The summed E-state index contributed by atoms with van der Waals surface area (Å²) in [6, 6.07) is 28.1. The summed E-state index contributed by atoms with van der Waals surface area (Å²) in [6.45, 7) is 0.922. The fourth-order valence-electron chi connectivity index (χ4n) is 6.72. The van der Waals surface area contributed by atoms with Crippen LogP contribution in [-0.4, -0.2) is 34.4 Å². The van der Waals surface area contributed by atoms with Crippen LogP contribution in [0, 0.1) is 11.8 Å². The second kappa shape index (κ2) is 9.12. The topological polar surface area (TPSA) is 49.9 Å². The molecule has 1 saturated heterocycles. The number of fused-ring (bicyclic) bond motifs is 2. The zero-order chi connectivity index (χ0) is 24.7. The van der Waals surface area contributed by atoms with Crippen LogP contribution in [0.3, 0.4) is 0 Å². The van der Waals surface area contributed by atoms with E-state index in [1.807, 2.05) is 90.8 Å².